The lowest BCUT2D eigenvalue weighted by atomic mass is 10.3. The number of hydrogen-bond acceptors (Lipinski definition) is 5. The van der Waals surface area contributed by atoms with E-state index in [4.69, 9.17) is 10.5 Å². The molecule has 18 heavy (non-hydrogen) atoms. The van der Waals surface area contributed by atoms with Crippen LogP contribution < -0.4 is 11.1 Å². The quantitative estimate of drug-likeness (QED) is 0.824. The van der Waals surface area contributed by atoms with Crippen molar-refractivity contribution in [2.75, 3.05) is 18.2 Å². The summed E-state index contributed by atoms with van der Waals surface area (Å²) in [5.41, 5.74) is 6.69. The lowest BCUT2D eigenvalue weighted by molar-refractivity contribution is 0.178. The molecule has 0 spiro atoms. The van der Waals surface area contributed by atoms with Crippen molar-refractivity contribution in [1.29, 1.82) is 0 Å². The molecule has 0 bridgehead atoms. The third-order valence-electron chi connectivity index (χ3n) is 2.16. The average Bonchev–Trinajstić information content (AvgIpc) is 2.28. The summed E-state index contributed by atoms with van der Waals surface area (Å²) in [6.07, 6.45) is 0. The van der Waals surface area contributed by atoms with E-state index in [1.165, 1.54) is 0 Å². The van der Waals surface area contributed by atoms with Crippen molar-refractivity contribution in [1.82, 2.24) is 9.97 Å². The Morgan fingerprint density at radius 3 is 2.89 bits per heavy atom. The maximum Gasteiger partial charge on any atom is 0.158 e. The highest BCUT2D eigenvalue weighted by atomic mass is 127. The van der Waals surface area contributed by atoms with Crippen LogP contribution in [0.15, 0.2) is 30.3 Å². The summed E-state index contributed by atoms with van der Waals surface area (Å²) < 4.78 is 6.15. The van der Waals surface area contributed by atoms with E-state index >= 15 is 0 Å². The summed E-state index contributed by atoms with van der Waals surface area (Å²) in [4.78, 5) is 8.40. The summed E-state index contributed by atoms with van der Waals surface area (Å²) in [6.45, 7) is 0.339. The van der Waals surface area contributed by atoms with Crippen LogP contribution in [-0.4, -0.2) is 17.1 Å². The predicted molar refractivity (Wildman–Crippen MR) is 79.6 cm³/mol. The smallest absolute Gasteiger partial charge is 0.158 e. The molecule has 0 radical (unpaired) electrons. The van der Waals surface area contributed by atoms with Crippen molar-refractivity contribution in [2.24, 2.45) is 0 Å². The number of halogens is 1. The molecule has 0 atom stereocenters. The standard InChI is InChI=1S/C12H13IN4O/c1-18-7-12-16-10(14)6-11(17-12)15-9-4-2-3-8(13)5-9/h2-6H,7H2,1H3,(H3,14,15,16,17). The largest absolute Gasteiger partial charge is 0.384 e. The van der Waals surface area contributed by atoms with E-state index in [0.29, 0.717) is 24.1 Å². The molecule has 0 fully saturated rings. The number of hydrogen-bond donors (Lipinski definition) is 2. The van der Waals surface area contributed by atoms with Gasteiger partial charge in [0.1, 0.15) is 18.2 Å². The number of nitrogen functional groups attached to an aromatic ring is 1. The third-order valence-corrected chi connectivity index (χ3v) is 2.83. The number of ether oxygens (including phenoxy) is 1. The van der Waals surface area contributed by atoms with Gasteiger partial charge in [-0.25, -0.2) is 9.97 Å². The molecule has 0 unspecified atom stereocenters. The summed E-state index contributed by atoms with van der Waals surface area (Å²) in [7, 11) is 1.60. The van der Waals surface area contributed by atoms with Crippen LogP contribution in [0, 0.1) is 3.57 Å². The van der Waals surface area contributed by atoms with Crippen LogP contribution in [-0.2, 0) is 11.3 Å². The van der Waals surface area contributed by atoms with Crippen molar-refractivity contribution in [3.8, 4) is 0 Å². The van der Waals surface area contributed by atoms with Gasteiger partial charge in [0.2, 0.25) is 0 Å². The number of rotatable bonds is 4. The molecule has 1 aromatic carbocycles. The van der Waals surface area contributed by atoms with E-state index in [0.717, 1.165) is 9.26 Å². The Morgan fingerprint density at radius 1 is 1.33 bits per heavy atom. The molecular weight excluding hydrogens is 343 g/mol. The maximum atomic E-state index is 5.73. The number of benzene rings is 1. The Morgan fingerprint density at radius 2 is 2.17 bits per heavy atom. The van der Waals surface area contributed by atoms with E-state index in [-0.39, 0.29) is 0 Å². The van der Waals surface area contributed by atoms with Crippen molar-refractivity contribution in [2.45, 2.75) is 6.61 Å². The van der Waals surface area contributed by atoms with E-state index in [9.17, 15) is 0 Å². The number of nitrogens with two attached hydrogens (primary N) is 1. The monoisotopic (exact) mass is 356 g/mol. The minimum atomic E-state index is 0.339. The van der Waals surface area contributed by atoms with Gasteiger partial charge in [-0.05, 0) is 40.8 Å². The lowest BCUT2D eigenvalue weighted by Crippen LogP contribution is -2.04. The Balaban J connectivity index is 2.23. The second kappa shape index (κ2) is 5.96. The zero-order chi connectivity index (χ0) is 13.0. The first kappa shape index (κ1) is 13.0. The number of methoxy groups -OCH3 is 1. The van der Waals surface area contributed by atoms with Gasteiger partial charge in [-0.1, -0.05) is 6.07 Å². The lowest BCUT2D eigenvalue weighted by Gasteiger charge is -2.08. The Labute approximate surface area is 119 Å². The van der Waals surface area contributed by atoms with Crippen LogP contribution in [0.25, 0.3) is 0 Å². The molecule has 0 aliphatic carbocycles. The molecule has 94 valence electrons. The van der Waals surface area contributed by atoms with Crippen LogP contribution in [0.1, 0.15) is 5.82 Å². The molecule has 0 saturated heterocycles. The molecule has 6 heteroatoms. The van der Waals surface area contributed by atoms with E-state index in [1.54, 1.807) is 13.2 Å². The third kappa shape index (κ3) is 3.54. The van der Waals surface area contributed by atoms with Crippen molar-refractivity contribution in [3.05, 3.63) is 39.7 Å². The van der Waals surface area contributed by atoms with Gasteiger partial charge >= 0.3 is 0 Å². The highest BCUT2D eigenvalue weighted by Gasteiger charge is 2.03. The first-order valence-corrected chi connectivity index (χ1v) is 6.40. The Bertz CT molecular complexity index is 547. The second-order valence-corrected chi connectivity index (χ2v) is 4.91. The molecule has 2 aromatic rings. The molecule has 5 nitrogen and oxygen atoms in total. The average molecular weight is 356 g/mol. The Kier molecular flexibility index (Phi) is 4.32. The van der Waals surface area contributed by atoms with Gasteiger partial charge in [-0.2, -0.15) is 0 Å². The van der Waals surface area contributed by atoms with Gasteiger partial charge in [-0.3, -0.25) is 0 Å². The number of aromatic nitrogens is 2. The number of anilines is 3. The SMILES string of the molecule is COCc1nc(N)cc(Nc2cccc(I)c2)n1. The van der Waals surface area contributed by atoms with Crippen LogP contribution in [0.4, 0.5) is 17.3 Å². The highest BCUT2D eigenvalue weighted by molar-refractivity contribution is 14.1. The molecule has 0 saturated carbocycles. The number of nitrogens with one attached hydrogen (secondary N) is 1. The fourth-order valence-corrected chi connectivity index (χ4v) is 2.03. The molecule has 1 aromatic heterocycles. The minimum Gasteiger partial charge on any atom is -0.384 e. The predicted octanol–water partition coefficient (Wildman–Crippen LogP) is 2.55. The summed E-state index contributed by atoms with van der Waals surface area (Å²) in [5.74, 6) is 1.65. The first-order valence-electron chi connectivity index (χ1n) is 5.32. The van der Waals surface area contributed by atoms with E-state index in [2.05, 4.69) is 37.9 Å². The van der Waals surface area contributed by atoms with Crippen molar-refractivity contribution < 1.29 is 4.74 Å². The van der Waals surface area contributed by atoms with Gasteiger partial charge in [0.05, 0.1) is 0 Å². The zero-order valence-electron chi connectivity index (χ0n) is 9.85. The molecule has 2 rings (SSSR count). The van der Waals surface area contributed by atoms with E-state index < -0.39 is 0 Å². The van der Waals surface area contributed by atoms with Crippen LogP contribution in [0.2, 0.25) is 0 Å². The van der Waals surface area contributed by atoms with Gasteiger partial charge in [0.25, 0.3) is 0 Å². The zero-order valence-corrected chi connectivity index (χ0v) is 12.0. The normalized spacial score (nSPS) is 10.3. The van der Waals surface area contributed by atoms with Crippen molar-refractivity contribution in [3.63, 3.8) is 0 Å². The van der Waals surface area contributed by atoms with Crippen LogP contribution in [0.5, 0.6) is 0 Å². The van der Waals surface area contributed by atoms with E-state index in [1.807, 2.05) is 24.3 Å². The van der Waals surface area contributed by atoms with Gasteiger partial charge in [0, 0.05) is 22.4 Å². The molecule has 3 N–H and O–H groups in total. The summed E-state index contributed by atoms with van der Waals surface area (Å²) >= 11 is 2.26. The maximum absolute atomic E-state index is 5.73. The first-order chi connectivity index (χ1) is 8.67. The molecule has 0 aliphatic heterocycles. The second-order valence-electron chi connectivity index (χ2n) is 3.66. The van der Waals surface area contributed by atoms with Gasteiger partial charge in [0.15, 0.2) is 5.82 Å². The highest BCUT2D eigenvalue weighted by Crippen LogP contribution is 2.18. The molecular formula is C12H13IN4O. The fourth-order valence-electron chi connectivity index (χ4n) is 1.49. The molecule has 1 heterocycles. The number of nitrogens with zero attached hydrogens (tertiary/aromatic N) is 2. The van der Waals surface area contributed by atoms with Gasteiger partial charge < -0.3 is 15.8 Å². The summed E-state index contributed by atoms with van der Waals surface area (Å²) in [5, 5.41) is 3.19. The minimum absolute atomic E-state index is 0.339. The van der Waals surface area contributed by atoms with Crippen LogP contribution in [0.3, 0.4) is 0 Å². The fraction of sp³-hybridized carbons (Fsp3) is 0.167. The van der Waals surface area contributed by atoms with Crippen molar-refractivity contribution >= 4 is 39.9 Å². The topological polar surface area (TPSA) is 73.1 Å². The molecule has 0 aliphatic rings. The van der Waals surface area contributed by atoms with Crippen LogP contribution >= 0.6 is 22.6 Å². The van der Waals surface area contributed by atoms with Gasteiger partial charge in [-0.15, -0.1) is 0 Å². The Hall–Kier alpha value is -1.41. The molecule has 0 amide bonds. The summed E-state index contributed by atoms with van der Waals surface area (Å²) in [6, 6.07) is 9.69.